The molecule has 6 aromatic rings. The number of hydrogen-bond donors (Lipinski definition) is 0. The van der Waals surface area contributed by atoms with Gasteiger partial charge in [0.25, 0.3) is 0 Å². The average Bonchev–Trinajstić information content (AvgIpc) is 3.32. The van der Waals surface area contributed by atoms with Crippen LogP contribution in [0.15, 0.2) is 161 Å². The van der Waals surface area contributed by atoms with E-state index in [0.717, 1.165) is 48.8 Å². The highest BCUT2D eigenvalue weighted by atomic mass is 79.9. The lowest BCUT2D eigenvalue weighted by Gasteiger charge is -2.17. The van der Waals surface area contributed by atoms with Gasteiger partial charge in [-0.2, -0.15) is 0 Å². The predicted octanol–water partition coefficient (Wildman–Crippen LogP) is 12.1. The zero-order chi connectivity index (χ0) is 28.6. The van der Waals surface area contributed by atoms with Gasteiger partial charge in [0.15, 0.2) is 0 Å². The molecule has 0 aliphatic heterocycles. The molecule has 202 valence electrons. The van der Waals surface area contributed by atoms with Gasteiger partial charge in [-0.15, -0.1) is 0 Å². The zero-order valence-electron chi connectivity index (χ0n) is 22.9. The molecule has 0 saturated heterocycles. The monoisotopic (exact) mass is 667 g/mol. The van der Waals surface area contributed by atoms with E-state index in [9.17, 15) is 0 Å². The van der Waals surface area contributed by atoms with Crippen LogP contribution in [0.5, 0.6) is 0 Å². The first-order valence-electron chi connectivity index (χ1n) is 14.0. The van der Waals surface area contributed by atoms with Crippen molar-refractivity contribution >= 4 is 70.0 Å². The van der Waals surface area contributed by atoms with E-state index in [2.05, 4.69) is 183 Å². The predicted molar refractivity (Wildman–Crippen MR) is 188 cm³/mol. The van der Waals surface area contributed by atoms with Crippen LogP contribution in [0.25, 0.3) is 55.0 Å². The smallest absolute Gasteiger partial charge is 0.0541 e. The molecule has 7 rings (SSSR count). The van der Waals surface area contributed by atoms with Crippen LogP contribution in [0.1, 0.15) is 12.0 Å². The van der Waals surface area contributed by atoms with Crippen molar-refractivity contribution in [3.63, 3.8) is 0 Å². The van der Waals surface area contributed by atoms with Crippen LogP contribution in [0, 0.1) is 0 Å². The van der Waals surface area contributed by atoms with Crippen LogP contribution in [-0.2, 0) is 0 Å². The summed E-state index contributed by atoms with van der Waals surface area (Å²) >= 11 is 7.42. The number of benzene rings is 5. The minimum Gasteiger partial charge on any atom is -0.309 e. The molecule has 1 aliphatic carbocycles. The molecule has 3 heteroatoms. The Morgan fingerprint density at radius 2 is 1.31 bits per heavy atom. The van der Waals surface area contributed by atoms with E-state index in [1.165, 1.54) is 32.7 Å². The summed E-state index contributed by atoms with van der Waals surface area (Å²) in [6.45, 7) is 4.47. The summed E-state index contributed by atoms with van der Waals surface area (Å²) in [6.07, 6.45) is 15.8. The summed E-state index contributed by atoms with van der Waals surface area (Å²) < 4.78 is 4.52. The molecule has 5 aromatic carbocycles. The van der Waals surface area contributed by atoms with Crippen molar-refractivity contribution in [1.29, 1.82) is 0 Å². The minimum absolute atomic E-state index is 0.897. The third-order valence-electron chi connectivity index (χ3n) is 7.84. The summed E-state index contributed by atoms with van der Waals surface area (Å²) in [5.74, 6) is 0. The Morgan fingerprint density at radius 3 is 2.10 bits per heavy atom. The molecule has 0 spiro atoms. The summed E-state index contributed by atoms with van der Waals surface area (Å²) in [7, 11) is 0. The number of fused-ring (bicyclic) bond motifs is 4. The van der Waals surface area contributed by atoms with Crippen LogP contribution in [-0.4, -0.2) is 4.57 Å². The molecule has 0 radical (unpaired) electrons. The van der Waals surface area contributed by atoms with Gasteiger partial charge in [0.1, 0.15) is 0 Å². The molecule has 0 N–H and O–H groups in total. The number of halogens is 2. The molecule has 0 fully saturated rings. The van der Waals surface area contributed by atoms with Crippen molar-refractivity contribution in [3.8, 4) is 16.8 Å². The standard InChI is InChI=1S/C39H27Br2N/c1-26-11-6-4-2-3-5-7-14-33(26)28-21-29(35-16-10-13-27-12-8-9-15-34(27)35)23-32(22-28)42-38-19-17-30(40)24-36(38)37-25-31(41)18-20-39(37)42/h2,4-25H,1,3H2/b4-2-,7-5-,11-6-,33-14+. The van der Waals surface area contributed by atoms with Crippen molar-refractivity contribution in [2.75, 3.05) is 0 Å². The second-order valence-corrected chi connectivity index (χ2v) is 12.3. The van der Waals surface area contributed by atoms with Gasteiger partial charge in [-0.3, -0.25) is 0 Å². The summed E-state index contributed by atoms with van der Waals surface area (Å²) in [5, 5.41) is 4.88. The topological polar surface area (TPSA) is 4.93 Å². The van der Waals surface area contributed by atoms with E-state index < -0.39 is 0 Å². The number of nitrogens with zero attached hydrogens (tertiary/aromatic N) is 1. The number of aromatic nitrogens is 1. The van der Waals surface area contributed by atoms with Gasteiger partial charge in [0, 0.05) is 25.4 Å². The Kier molecular flexibility index (Phi) is 7.15. The van der Waals surface area contributed by atoms with E-state index in [-0.39, 0.29) is 0 Å². The molecule has 0 unspecified atom stereocenters. The van der Waals surface area contributed by atoms with E-state index in [1.807, 2.05) is 0 Å². The maximum Gasteiger partial charge on any atom is 0.0541 e. The third-order valence-corrected chi connectivity index (χ3v) is 8.82. The van der Waals surface area contributed by atoms with Gasteiger partial charge < -0.3 is 4.57 Å². The molecule has 1 heterocycles. The molecule has 1 nitrogen and oxygen atoms in total. The summed E-state index contributed by atoms with van der Waals surface area (Å²) in [4.78, 5) is 0. The number of rotatable bonds is 3. The Morgan fingerprint density at radius 1 is 0.619 bits per heavy atom. The quantitative estimate of drug-likeness (QED) is 0.177. The molecule has 1 aliphatic rings. The fourth-order valence-corrected chi connectivity index (χ4v) is 6.63. The molecule has 42 heavy (non-hydrogen) atoms. The second kappa shape index (κ2) is 11.2. The minimum atomic E-state index is 0.897. The molecule has 1 aromatic heterocycles. The first-order chi connectivity index (χ1) is 20.6. The lowest BCUT2D eigenvalue weighted by Crippen LogP contribution is -1.98. The van der Waals surface area contributed by atoms with Crippen molar-refractivity contribution in [1.82, 2.24) is 4.57 Å². The maximum absolute atomic E-state index is 4.47. The lowest BCUT2D eigenvalue weighted by atomic mass is 9.91. The Hall–Kier alpha value is -4.18. The molecular formula is C39H27Br2N. The highest BCUT2D eigenvalue weighted by Crippen LogP contribution is 2.39. The van der Waals surface area contributed by atoms with Gasteiger partial charge in [-0.25, -0.2) is 0 Å². The largest absolute Gasteiger partial charge is 0.309 e. The van der Waals surface area contributed by atoms with Gasteiger partial charge in [-0.1, -0.05) is 123 Å². The Bertz CT molecular complexity index is 2090. The summed E-state index contributed by atoms with van der Waals surface area (Å²) in [5.41, 5.74) is 9.02. The Balaban J connectivity index is 1.56. The molecular weight excluding hydrogens is 642 g/mol. The molecule has 0 amide bonds. The van der Waals surface area contributed by atoms with Crippen molar-refractivity contribution in [3.05, 3.63) is 166 Å². The highest BCUT2D eigenvalue weighted by Gasteiger charge is 2.17. The van der Waals surface area contributed by atoms with Crippen LogP contribution in [0.4, 0.5) is 0 Å². The van der Waals surface area contributed by atoms with Crippen LogP contribution < -0.4 is 0 Å². The van der Waals surface area contributed by atoms with E-state index in [1.54, 1.807) is 0 Å². The third kappa shape index (κ3) is 4.93. The van der Waals surface area contributed by atoms with Crippen molar-refractivity contribution < 1.29 is 0 Å². The summed E-state index contributed by atoms with van der Waals surface area (Å²) in [6, 6.07) is 35.2. The van der Waals surface area contributed by atoms with Crippen molar-refractivity contribution in [2.24, 2.45) is 0 Å². The first-order valence-corrected chi connectivity index (χ1v) is 15.6. The van der Waals surface area contributed by atoms with E-state index in [0.29, 0.717) is 0 Å². The van der Waals surface area contributed by atoms with Gasteiger partial charge >= 0.3 is 0 Å². The lowest BCUT2D eigenvalue weighted by molar-refractivity contribution is 1.18. The SMILES string of the molecule is C=C1/C=C\C=C/C/C=C\C=C/1c1cc(-c2cccc3ccccc23)cc(-n2c3ccc(Br)cc3c3cc(Br)ccc32)c1. The number of allylic oxidation sites excluding steroid dienone is 9. The first kappa shape index (κ1) is 26.7. The van der Waals surface area contributed by atoms with Crippen LogP contribution in [0.3, 0.4) is 0 Å². The molecule has 0 bridgehead atoms. The highest BCUT2D eigenvalue weighted by molar-refractivity contribution is 9.10. The van der Waals surface area contributed by atoms with Gasteiger partial charge in [0.2, 0.25) is 0 Å². The van der Waals surface area contributed by atoms with E-state index >= 15 is 0 Å². The fourth-order valence-electron chi connectivity index (χ4n) is 5.90. The zero-order valence-corrected chi connectivity index (χ0v) is 26.1. The molecule has 0 atom stereocenters. The normalized spacial score (nSPS) is 17.3. The average molecular weight is 669 g/mol. The van der Waals surface area contributed by atoms with Crippen LogP contribution >= 0.6 is 31.9 Å². The number of hydrogen-bond acceptors (Lipinski definition) is 0. The van der Waals surface area contributed by atoms with E-state index in [4.69, 9.17) is 0 Å². The Labute approximate surface area is 262 Å². The maximum atomic E-state index is 4.47. The van der Waals surface area contributed by atoms with Crippen LogP contribution in [0.2, 0.25) is 0 Å². The molecule has 0 saturated carbocycles. The fraction of sp³-hybridized carbons (Fsp3) is 0.0256. The van der Waals surface area contributed by atoms with Gasteiger partial charge in [-0.05, 0) is 99.6 Å². The second-order valence-electron chi connectivity index (χ2n) is 10.5. The van der Waals surface area contributed by atoms with Crippen molar-refractivity contribution in [2.45, 2.75) is 6.42 Å². The van der Waals surface area contributed by atoms with Gasteiger partial charge in [0.05, 0.1) is 11.0 Å².